The minimum absolute atomic E-state index is 0.0659. The lowest BCUT2D eigenvalue weighted by atomic mass is 10.0. The standard InChI is InChI=1S/C15H14O4/c1-2-7-19-15(18)11-3-5-12-10(8-11)4-6-14(17)13(12)9-16/h3-6,8-9,17H,2,7H2,1H3. The molecule has 0 unspecified atom stereocenters. The first-order valence-corrected chi connectivity index (χ1v) is 6.05. The highest BCUT2D eigenvalue weighted by Gasteiger charge is 2.10. The average molecular weight is 258 g/mol. The molecule has 0 aliphatic heterocycles. The first-order chi connectivity index (χ1) is 9.17. The number of esters is 1. The maximum Gasteiger partial charge on any atom is 0.338 e. The summed E-state index contributed by atoms with van der Waals surface area (Å²) in [7, 11) is 0. The van der Waals surface area contributed by atoms with Crippen molar-refractivity contribution in [1.82, 2.24) is 0 Å². The van der Waals surface area contributed by atoms with Crippen molar-refractivity contribution in [2.45, 2.75) is 13.3 Å². The molecule has 2 aromatic carbocycles. The van der Waals surface area contributed by atoms with Gasteiger partial charge in [0.15, 0.2) is 6.29 Å². The van der Waals surface area contributed by atoms with Gasteiger partial charge in [0.2, 0.25) is 0 Å². The minimum atomic E-state index is -0.385. The summed E-state index contributed by atoms with van der Waals surface area (Å²) in [4.78, 5) is 22.7. The molecule has 0 aromatic heterocycles. The predicted molar refractivity (Wildman–Crippen MR) is 71.6 cm³/mol. The third-order valence-corrected chi connectivity index (χ3v) is 2.83. The van der Waals surface area contributed by atoms with Crippen LogP contribution < -0.4 is 0 Å². The molecule has 4 heteroatoms. The zero-order valence-electron chi connectivity index (χ0n) is 10.6. The molecule has 0 bridgehead atoms. The molecule has 0 atom stereocenters. The maximum atomic E-state index is 11.7. The van der Waals surface area contributed by atoms with E-state index < -0.39 is 0 Å². The Morgan fingerprint density at radius 3 is 2.79 bits per heavy atom. The van der Waals surface area contributed by atoms with Gasteiger partial charge in [-0.05, 0) is 35.4 Å². The minimum Gasteiger partial charge on any atom is -0.507 e. The Bertz CT molecular complexity index is 631. The quantitative estimate of drug-likeness (QED) is 0.676. The summed E-state index contributed by atoms with van der Waals surface area (Å²) in [5.74, 6) is -0.451. The molecule has 4 nitrogen and oxygen atoms in total. The van der Waals surface area contributed by atoms with Crippen LogP contribution >= 0.6 is 0 Å². The second kappa shape index (κ2) is 5.52. The van der Waals surface area contributed by atoms with Crippen molar-refractivity contribution >= 4 is 23.0 Å². The molecule has 0 aliphatic carbocycles. The van der Waals surface area contributed by atoms with Crippen LogP contribution in [0.3, 0.4) is 0 Å². The van der Waals surface area contributed by atoms with Gasteiger partial charge in [-0.25, -0.2) is 4.79 Å². The van der Waals surface area contributed by atoms with E-state index in [1.807, 2.05) is 6.92 Å². The molecular formula is C15H14O4. The average Bonchev–Trinajstić information content (AvgIpc) is 2.44. The van der Waals surface area contributed by atoms with Gasteiger partial charge in [-0.2, -0.15) is 0 Å². The van der Waals surface area contributed by atoms with Crippen LogP contribution in [0.1, 0.15) is 34.1 Å². The number of hydrogen-bond donors (Lipinski definition) is 1. The summed E-state index contributed by atoms with van der Waals surface area (Å²) in [6.07, 6.45) is 1.37. The van der Waals surface area contributed by atoms with Gasteiger partial charge < -0.3 is 9.84 Å². The molecule has 2 aromatic rings. The monoisotopic (exact) mass is 258 g/mol. The van der Waals surface area contributed by atoms with Crippen LogP contribution in [0.5, 0.6) is 5.75 Å². The highest BCUT2D eigenvalue weighted by atomic mass is 16.5. The Balaban J connectivity index is 2.44. The van der Waals surface area contributed by atoms with Gasteiger partial charge in [0.25, 0.3) is 0 Å². The van der Waals surface area contributed by atoms with Crippen LogP contribution in [-0.4, -0.2) is 24.0 Å². The molecule has 0 amide bonds. The van der Waals surface area contributed by atoms with Gasteiger partial charge in [-0.3, -0.25) is 4.79 Å². The first-order valence-electron chi connectivity index (χ1n) is 6.05. The number of phenols is 1. The molecule has 0 radical (unpaired) electrons. The fourth-order valence-corrected chi connectivity index (χ4v) is 1.87. The largest absolute Gasteiger partial charge is 0.507 e. The highest BCUT2D eigenvalue weighted by molar-refractivity contribution is 6.03. The molecule has 2 rings (SSSR count). The lowest BCUT2D eigenvalue weighted by molar-refractivity contribution is 0.0505. The molecule has 1 N–H and O–H groups in total. The second-order valence-corrected chi connectivity index (χ2v) is 4.19. The van der Waals surface area contributed by atoms with Crippen molar-refractivity contribution in [3.63, 3.8) is 0 Å². The molecule has 0 saturated carbocycles. The van der Waals surface area contributed by atoms with Gasteiger partial charge in [-0.1, -0.05) is 19.1 Å². The van der Waals surface area contributed by atoms with Crippen LogP contribution in [0.15, 0.2) is 30.3 Å². The summed E-state index contributed by atoms with van der Waals surface area (Å²) in [5.41, 5.74) is 0.662. The summed E-state index contributed by atoms with van der Waals surface area (Å²) in [6, 6.07) is 7.98. The van der Waals surface area contributed by atoms with Gasteiger partial charge in [-0.15, -0.1) is 0 Å². The van der Waals surface area contributed by atoms with Crippen molar-refractivity contribution in [2.24, 2.45) is 0 Å². The van der Waals surface area contributed by atoms with Crippen molar-refractivity contribution in [1.29, 1.82) is 0 Å². The summed E-state index contributed by atoms with van der Waals surface area (Å²) in [5, 5.41) is 10.9. The molecule has 0 fully saturated rings. The van der Waals surface area contributed by atoms with Crippen molar-refractivity contribution in [3.05, 3.63) is 41.5 Å². The molecule has 0 heterocycles. The number of benzene rings is 2. The van der Waals surface area contributed by atoms with E-state index in [1.165, 1.54) is 6.07 Å². The Hall–Kier alpha value is -2.36. The van der Waals surface area contributed by atoms with E-state index in [4.69, 9.17) is 4.74 Å². The molecular weight excluding hydrogens is 244 g/mol. The predicted octanol–water partition coefficient (Wildman–Crippen LogP) is 2.92. The molecule has 98 valence electrons. The third-order valence-electron chi connectivity index (χ3n) is 2.83. The second-order valence-electron chi connectivity index (χ2n) is 4.19. The van der Waals surface area contributed by atoms with E-state index in [2.05, 4.69) is 0 Å². The molecule has 0 aliphatic rings. The lowest BCUT2D eigenvalue weighted by Crippen LogP contribution is -2.05. The van der Waals surface area contributed by atoms with E-state index in [1.54, 1.807) is 24.3 Å². The zero-order valence-corrected chi connectivity index (χ0v) is 10.6. The number of rotatable bonds is 4. The molecule has 0 spiro atoms. The maximum absolute atomic E-state index is 11.7. The van der Waals surface area contributed by atoms with E-state index in [-0.39, 0.29) is 17.3 Å². The van der Waals surface area contributed by atoms with E-state index in [0.717, 1.165) is 6.42 Å². The van der Waals surface area contributed by atoms with Crippen LogP contribution in [0.25, 0.3) is 10.8 Å². The summed E-state index contributed by atoms with van der Waals surface area (Å²) >= 11 is 0. The van der Waals surface area contributed by atoms with Gasteiger partial charge in [0.05, 0.1) is 17.7 Å². The smallest absolute Gasteiger partial charge is 0.338 e. The Kier molecular flexibility index (Phi) is 3.80. The first kappa shape index (κ1) is 13.1. The van der Waals surface area contributed by atoms with Crippen LogP contribution in [-0.2, 0) is 4.74 Å². The van der Waals surface area contributed by atoms with E-state index in [9.17, 15) is 14.7 Å². The third kappa shape index (κ3) is 2.57. The Morgan fingerprint density at radius 2 is 2.11 bits per heavy atom. The fourth-order valence-electron chi connectivity index (χ4n) is 1.87. The normalized spacial score (nSPS) is 10.4. The summed E-state index contributed by atoms with van der Waals surface area (Å²) < 4.78 is 5.05. The molecule has 0 saturated heterocycles. The van der Waals surface area contributed by atoms with Gasteiger partial charge in [0, 0.05) is 0 Å². The molecule has 19 heavy (non-hydrogen) atoms. The SMILES string of the molecule is CCCOC(=O)c1ccc2c(C=O)c(O)ccc2c1. The van der Waals surface area contributed by atoms with Crippen LogP contribution in [0.2, 0.25) is 0 Å². The number of aromatic hydroxyl groups is 1. The number of carbonyl (C=O) groups excluding carboxylic acids is 2. The van der Waals surface area contributed by atoms with Crippen molar-refractivity contribution < 1.29 is 19.4 Å². The van der Waals surface area contributed by atoms with E-state index in [0.29, 0.717) is 29.2 Å². The fraction of sp³-hybridized carbons (Fsp3) is 0.200. The number of ether oxygens (including phenoxy) is 1. The van der Waals surface area contributed by atoms with Crippen LogP contribution in [0, 0.1) is 0 Å². The topological polar surface area (TPSA) is 63.6 Å². The van der Waals surface area contributed by atoms with Crippen molar-refractivity contribution in [2.75, 3.05) is 6.61 Å². The van der Waals surface area contributed by atoms with Crippen LogP contribution in [0.4, 0.5) is 0 Å². The van der Waals surface area contributed by atoms with Gasteiger partial charge >= 0.3 is 5.97 Å². The lowest BCUT2D eigenvalue weighted by Gasteiger charge is -2.07. The van der Waals surface area contributed by atoms with E-state index >= 15 is 0 Å². The zero-order chi connectivity index (χ0) is 13.8. The van der Waals surface area contributed by atoms with Crippen molar-refractivity contribution in [3.8, 4) is 5.75 Å². The number of carbonyl (C=O) groups is 2. The highest BCUT2D eigenvalue weighted by Crippen LogP contribution is 2.26. The number of hydrogen-bond acceptors (Lipinski definition) is 4. The number of fused-ring (bicyclic) bond motifs is 1. The van der Waals surface area contributed by atoms with Gasteiger partial charge in [0.1, 0.15) is 5.75 Å². The number of phenolic OH excluding ortho intramolecular Hbond substituents is 1. The number of aldehydes is 1. The Morgan fingerprint density at radius 1 is 1.32 bits per heavy atom. The Labute approximate surface area is 110 Å². The summed E-state index contributed by atoms with van der Waals surface area (Å²) in [6.45, 7) is 2.30.